The summed E-state index contributed by atoms with van der Waals surface area (Å²) in [6.07, 6.45) is 1.67. The molecule has 1 saturated heterocycles. The Bertz CT molecular complexity index is 690. The van der Waals surface area contributed by atoms with E-state index in [0.717, 1.165) is 18.4 Å². The Balaban J connectivity index is 2.22. The summed E-state index contributed by atoms with van der Waals surface area (Å²) in [6, 6.07) is 8.87. The van der Waals surface area contributed by atoms with Crippen molar-refractivity contribution in [3.05, 3.63) is 35.9 Å². The lowest BCUT2D eigenvalue weighted by Crippen LogP contribution is -2.53. The molecule has 7 nitrogen and oxygen atoms in total. The van der Waals surface area contributed by atoms with Gasteiger partial charge in [0.25, 0.3) is 0 Å². The average Bonchev–Trinajstić information content (AvgIpc) is 3.17. The van der Waals surface area contributed by atoms with E-state index in [9.17, 15) is 14.4 Å². The van der Waals surface area contributed by atoms with E-state index >= 15 is 0 Å². The number of nitrogens with one attached hydrogen (secondary N) is 1. The van der Waals surface area contributed by atoms with Crippen LogP contribution in [0.15, 0.2) is 30.3 Å². The van der Waals surface area contributed by atoms with E-state index in [2.05, 4.69) is 19.2 Å². The van der Waals surface area contributed by atoms with Crippen molar-refractivity contribution in [3.63, 3.8) is 0 Å². The largest absolute Gasteiger partial charge is 0.469 e. The van der Waals surface area contributed by atoms with Gasteiger partial charge in [-0.2, -0.15) is 0 Å². The molecule has 2 amide bonds. The Morgan fingerprint density at radius 2 is 1.83 bits per heavy atom. The van der Waals surface area contributed by atoms with Gasteiger partial charge in [-0.3, -0.25) is 9.59 Å². The Morgan fingerprint density at radius 3 is 2.38 bits per heavy atom. The molecule has 0 aliphatic carbocycles. The van der Waals surface area contributed by atoms with E-state index in [1.165, 1.54) is 14.0 Å². The summed E-state index contributed by atoms with van der Waals surface area (Å²) < 4.78 is 10.4. The van der Waals surface area contributed by atoms with Crippen LogP contribution in [-0.2, 0) is 25.7 Å². The van der Waals surface area contributed by atoms with Gasteiger partial charge in [0.05, 0.1) is 25.1 Å². The summed E-state index contributed by atoms with van der Waals surface area (Å²) in [5, 5.41) is 3.02. The fourth-order valence-corrected chi connectivity index (χ4v) is 4.12. The number of ether oxygens (including phenoxy) is 2. The van der Waals surface area contributed by atoms with Gasteiger partial charge in [-0.25, -0.2) is 4.79 Å². The zero-order valence-corrected chi connectivity index (χ0v) is 17.7. The van der Waals surface area contributed by atoms with E-state index in [4.69, 9.17) is 9.47 Å². The zero-order chi connectivity index (χ0) is 21.4. The van der Waals surface area contributed by atoms with Gasteiger partial charge in [0.2, 0.25) is 5.91 Å². The van der Waals surface area contributed by atoms with E-state index < -0.39 is 12.0 Å². The summed E-state index contributed by atoms with van der Waals surface area (Å²) >= 11 is 0. The van der Waals surface area contributed by atoms with E-state index in [-0.39, 0.29) is 43.0 Å². The Morgan fingerprint density at radius 1 is 1.17 bits per heavy atom. The van der Waals surface area contributed by atoms with Crippen LogP contribution in [0.1, 0.15) is 45.6 Å². The molecule has 1 N–H and O–H groups in total. The normalized spacial score (nSPS) is 19.7. The van der Waals surface area contributed by atoms with Gasteiger partial charge >= 0.3 is 12.1 Å². The average molecular weight is 405 g/mol. The summed E-state index contributed by atoms with van der Waals surface area (Å²) in [6.45, 7) is 5.98. The maximum Gasteiger partial charge on any atom is 0.410 e. The first-order valence-corrected chi connectivity index (χ1v) is 10.2. The van der Waals surface area contributed by atoms with Crippen LogP contribution in [0.3, 0.4) is 0 Å². The predicted molar refractivity (Wildman–Crippen MR) is 109 cm³/mol. The third-order valence-corrected chi connectivity index (χ3v) is 5.66. The van der Waals surface area contributed by atoms with E-state index in [1.54, 1.807) is 4.90 Å². The van der Waals surface area contributed by atoms with E-state index in [0.29, 0.717) is 6.42 Å². The van der Waals surface area contributed by atoms with Gasteiger partial charge in [0, 0.05) is 13.5 Å². The number of amides is 2. The highest BCUT2D eigenvalue weighted by molar-refractivity contribution is 5.77. The van der Waals surface area contributed by atoms with Gasteiger partial charge in [0.1, 0.15) is 6.61 Å². The topological polar surface area (TPSA) is 84.9 Å². The summed E-state index contributed by atoms with van der Waals surface area (Å²) in [7, 11) is 1.35. The van der Waals surface area contributed by atoms with Crippen LogP contribution in [0, 0.1) is 11.8 Å². The van der Waals surface area contributed by atoms with Crippen LogP contribution in [0.2, 0.25) is 0 Å². The molecule has 0 saturated carbocycles. The molecule has 1 fully saturated rings. The molecule has 2 rings (SSSR count). The summed E-state index contributed by atoms with van der Waals surface area (Å²) in [5.41, 5.74) is 0.888. The third kappa shape index (κ3) is 5.95. The first-order chi connectivity index (χ1) is 13.9. The van der Waals surface area contributed by atoms with Gasteiger partial charge in [-0.1, -0.05) is 57.0 Å². The number of carbonyl (C=O) groups excluding carboxylic acids is 3. The molecule has 7 heteroatoms. The Hall–Kier alpha value is -2.57. The summed E-state index contributed by atoms with van der Waals surface area (Å²) in [4.78, 5) is 38.5. The number of hydrogen-bond donors (Lipinski definition) is 1. The van der Waals surface area contributed by atoms with Crippen LogP contribution in [0.25, 0.3) is 0 Å². The second kappa shape index (κ2) is 10.8. The number of benzene rings is 1. The molecule has 0 spiro atoms. The van der Waals surface area contributed by atoms with Crippen LogP contribution in [0.4, 0.5) is 4.79 Å². The zero-order valence-electron chi connectivity index (χ0n) is 17.7. The molecule has 1 heterocycles. The lowest BCUT2D eigenvalue weighted by Gasteiger charge is -2.35. The molecule has 3 atom stereocenters. The van der Waals surface area contributed by atoms with Crippen LogP contribution >= 0.6 is 0 Å². The molecule has 0 aromatic heterocycles. The number of nitrogens with zero attached hydrogens (tertiary/aromatic N) is 1. The molecule has 1 aliphatic heterocycles. The minimum Gasteiger partial charge on any atom is -0.469 e. The Kier molecular flexibility index (Phi) is 8.49. The molecule has 1 aromatic carbocycles. The van der Waals surface area contributed by atoms with Crippen molar-refractivity contribution in [1.29, 1.82) is 0 Å². The molecular formula is C22H32N2O5. The lowest BCUT2D eigenvalue weighted by molar-refractivity contribution is -0.144. The van der Waals surface area contributed by atoms with Gasteiger partial charge in [-0.05, 0) is 17.9 Å². The van der Waals surface area contributed by atoms with Crippen molar-refractivity contribution < 1.29 is 23.9 Å². The quantitative estimate of drug-likeness (QED) is 0.673. The first kappa shape index (κ1) is 22.7. The fraction of sp³-hybridized carbons (Fsp3) is 0.591. The number of likely N-dealkylation sites (tertiary alicyclic amines) is 1. The van der Waals surface area contributed by atoms with Crippen LogP contribution in [-0.4, -0.2) is 48.6 Å². The molecule has 29 heavy (non-hydrogen) atoms. The highest BCUT2D eigenvalue weighted by Crippen LogP contribution is 2.32. The summed E-state index contributed by atoms with van der Waals surface area (Å²) in [5.74, 6) is -0.745. The molecule has 3 unspecified atom stereocenters. The predicted octanol–water partition coefficient (Wildman–Crippen LogP) is 3.13. The van der Waals surface area contributed by atoms with Crippen molar-refractivity contribution >= 4 is 18.0 Å². The van der Waals surface area contributed by atoms with Crippen LogP contribution < -0.4 is 5.32 Å². The minimum absolute atomic E-state index is 0.152. The molecule has 0 radical (unpaired) electrons. The van der Waals surface area contributed by atoms with Gasteiger partial charge in [-0.15, -0.1) is 0 Å². The minimum atomic E-state index is -0.480. The molecule has 160 valence electrons. The molecule has 0 bridgehead atoms. The van der Waals surface area contributed by atoms with Crippen molar-refractivity contribution in [2.45, 2.75) is 58.7 Å². The second-order valence-corrected chi connectivity index (χ2v) is 7.52. The standard InChI is InChI=1S/C22H32N2O5/c1-5-17(6-2)20(23-15(3)25)19-12-18(21(26)28-4)13-24(19)22(27)29-14-16-10-8-7-9-11-16/h7-11,17-20H,5-6,12-14H2,1-4H3,(H,23,25). The number of methoxy groups -OCH3 is 1. The maximum absolute atomic E-state index is 12.9. The first-order valence-electron chi connectivity index (χ1n) is 10.2. The number of hydrogen-bond acceptors (Lipinski definition) is 5. The number of rotatable bonds is 8. The molecule has 1 aliphatic rings. The van der Waals surface area contributed by atoms with Gasteiger partial charge in [0.15, 0.2) is 0 Å². The lowest BCUT2D eigenvalue weighted by atomic mass is 9.86. The molecular weight excluding hydrogens is 372 g/mol. The van der Waals surface area contributed by atoms with Crippen molar-refractivity contribution in [3.8, 4) is 0 Å². The highest BCUT2D eigenvalue weighted by Gasteiger charge is 2.45. The van der Waals surface area contributed by atoms with Crippen molar-refractivity contribution in [1.82, 2.24) is 10.2 Å². The van der Waals surface area contributed by atoms with Crippen LogP contribution in [0.5, 0.6) is 0 Å². The number of esters is 1. The third-order valence-electron chi connectivity index (χ3n) is 5.66. The SMILES string of the molecule is CCC(CC)C(NC(C)=O)C1CC(C(=O)OC)CN1C(=O)OCc1ccccc1. The monoisotopic (exact) mass is 404 g/mol. The van der Waals surface area contributed by atoms with E-state index in [1.807, 2.05) is 30.3 Å². The Labute approximate surface area is 172 Å². The molecule has 1 aromatic rings. The fourth-order valence-electron chi connectivity index (χ4n) is 4.12. The van der Waals surface area contributed by atoms with Crippen molar-refractivity contribution in [2.24, 2.45) is 11.8 Å². The van der Waals surface area contributed by atoms with Gasteiger partial charge < -0.3 is 19.7 Å². The smallest absolute Gasteiger partial charge is 0.410 e. The van der Waals surface area contributed by atoms with Crippen molar-refractivity contribution in [2.75, 3.05) is 13.7 Å². The maximum atomic E-state index is 12.9. The highest BCUT2D eigenvalue weighted by atomic mass is 16.6. The second-order valence-electron chi connectivity index (χ2n) is 7.52. The number of carbonyl (C=O) groups is 3.